The van der Waals surface area contributed by atoms with Gasteiger partial charge < -0.3 is 9.84 Å². The number of carbonyl (C=O) groups excluding carboxylic acids is 1. The lowest BCUT2D eigenvalue weighted by Gasteiger charge is -2.09. The van der Waals surface area contributed by atoms with Crippen molar-refractivity contribution in [3.63, 3.8) is 0 Å². The summed E-state index contributed by atoms with van der Waals surface area (Å²) in [5.41, 5.74) is 0.186. The lowest BCUT2D eigenvalue weighted by atomic mass is 10.3. The van der Waals surface area contributed by atoms with Gasteiger partial charge in [-0.2, -0.15) is 5.10 Å². The minimum Gasteiger partial charge on any atom is -0.493 e. The Labute approximate surface area is 94.0 Å². The number of rotatable bonds is 3. The van der Waals surface area contributed by atoms with E-state index in [0.717, 1.165) is 25.7 Å². The van der Waals surface area contributed by atoms with Gasteiger partial charge in [0.05, 0.1) is 12.6 Å². The van der Waals surface area contributed by atoms with E-state index in [9.17, 15) is 9.90 Å². The molecule has 1 aliphatic rings. The van der Waals surface area contributed by atoms with Crippen LogP contribution in [0, 0.1) is 0 Å². The highest BCUT2D eigenvalue weighted by molar-refractivity contribution is 5.87. The highest BCUT2D eigenvalue weighted by atomic mass is 16.5. The van der Waals surface area contributed by atoms with Gasteiger partial charge >= 0.3 is 5.97 Å². The summed E-state index contributed by atoms with van der Waals surface area (Å²) in [6.07, 6.45) is 4.33. The van der Waals surface area contributed by atoms with Crippen LogP contribution < -0.4 is 0 Å². The Kier molecular flexibility index (Phi) is 3.12. The van der Waals surface area contributed by atoms with E-state index < -0.39 is 5.97 Å². The van der Waals surface area contributed by atoms with Crippen LogP contribution >= 0.6 is 0 Å². The largest absolute Gasteiger partial charge is 0.493 e. The second-order valence-electron chi connectivity index (χ2n) is 3.99. The molecule has 1 fully saturated rings. The fraction of sp³-hybridized carbons (Fsp3) is 0.636. The van der Waals surface area contributed by atoms with E-state index >= 15 is 0 Å². The van der Waals surface area contributed by atoms with Crippen LogP contribution in [0.3, 0.4) is 0 Å². The Hall–Kier alpha value is -1.52. The van der Waals surface area contributed by atoms with E-state index in [1.54, 1.807) is 11.6 Å². The average Bonchev–Trinajstić information content (AvgIpc) is 2.86. The predicted molar refractivity (Wildman–Crippen MR) is 57.4 cm³/mol. The summed E-state index contributed by atoms with van der Waals surface area (Å²) in [5, 5.41) is 13.8. The topological polar surface area (TPSA) is 64.3 Å². The highest BCUT2D eigenvalue weighted by Crippen LogP contribution is 2.32. The Balaban J connectivity index is 2.17. The maximum Gasteiger partial charge on any atom is 0.358 e. The van der Waals surface area contributed by atoms with Crippen LogP contribution in [-0.2, 0) is 4.74 Å². The molecule has 1 aromatic rings. The second kappa shape index (κ2) is 4.55. The molecule has 1 N–H and O–H groups in total. The number of aromatic nitrogens is 2. The van der Waals surface area contributed by atoms with Crippen molar-refractivity contribution in [3.8, 4) is 5.88 Å². The smallest absolute Gasteiger partial charge is 0.358 e. The summed E-state index contributed by atoms with van der Waals surface area (Å²) in [6.45, 7) is 2.06. The maximum absolute atomic E-state index is 11.4. The minimum atomic E-state index is -0.477. The van der Waals surface area contributed by atoms with E-state index in [2.05, 4.69) is 5.10 Å². The molecule has 0 bridgehead atoms. The van der Waals surface area contributed by atoms with Gasteiger partial charge in [0.15, 0.2) is 5.69 Å². The number of ether oxygens (including phenoxy) is 1. The van der Waals surface area contributed by atoms with Gasteiger partial charge in [0.1, 0.15) is 0 Å². The third-order valence-corrected chi connectivity index (χ3v) is 2.87. The van der Waals surface area contributed by atoms with Crippen LogP contribution in [0.5, 0.6) is 5.88 Å². The van der Waals surface area contributed by atoms with Gasteiger partial charge in [-0.3, -0.25) is 0 Å². The number of carbonyl (C=O) groups is 1. The molecule has 0 aliphatic heterocycles. The molecule has 1 aliphatic carbocycles. The van der Waals surface area contributed by atoms with Crippen molar-refractivity contribution < 1.29 is 14.6 Å². The van der Waals surface area contributed by atoms with Crippen molar-refractivity contribution in [1.29, 1.82) is 0 Å². The minimum absolute atomic E-state index is 0.0509. The van der Waals surface area contributed by atoms with Crippen LogP contribution in [0.1, 0.15) is 49.1 Å². The van der Waals surface area contributed by atoms with Gasteiger partial charge in [0.25, 0.3) is 0 Å². The Morgan fingerprint density at radius 2 is 2.31 bits per heavy atom. The second-order valence-corrected chi connectivity index (χ2v) is 3.99. The normalized spacial score (nSPS) is 16.6. The number of esters is 1. The molecule has 1 heterocycles. The van der Waals surface area contributed by atoms with Crippen molar-refractivity contribution in [1.82, 2.24) is 9.78 Å². The highest BCUT2D eigenvalue weighted by Gasteiger charge is 2.23. The van der Waals surface area contributed by atoms with Gasteiger partial charge in [0, 0.05) is 6.07 Å². The van der Waals surface area contributed by atoms with Gasteiger partial charge in [-0.05, 0) is 19.8 Å². The molecule has 1 saturated carbocycles. The van der Waals surface area contributed by atoms with E-state index in [1.165, 1.54) is 6.07 Å². The third-order valence-electron chi connectivity index (χ3n) is 2.87. The van der Waals surface area contributed by atoms with Gasteiger partial charge in [-0.15, -0.1) is 0 Å². The zero-order valence-electron chi connectivity index (χ0n) is 9.35. The van der Waals surface area contributed by atoms with Crippen LogP contribution in [-0.4, -0.2) is 27.5 Å². The molecule has 2 rings (SSSR count). The number of hydrogen-bond acceptors (Lipinski definition) is 4. The molecule has 0 unspecified atom stereocenters. The summed E-state index contributed by atoms with van der Waals surface area (Å²) >= 11 is 0. The lowest BCUT2D eigenvalue weighted by molar-refractivity contribution is 0.0518. The molecule has 88 valence electrons. The van der Waals surface area contributed by atoms with E-state index in [4.69, 9.17) is 4.74 Å². The SMILES string of the molecule is CCOC(=O)c1cc(O)n(C2CCCC2)n1. The Morgan fingerprint density at radius 1 is 1.62 bits per heavy atom. The number of aromatic hydroxyl groups is 1. The molecule has 5 heteroatoms. The zero-order chi connectivity index (χ0) is 11.5. The van der Waals surface area contributed by atoms with Crippen molar-refractivity contribution in [2.75, 3.05) is 6.61 Å². The fourth-order valence-corrected chi connectivity index (χ4v) is 2.11. The summed E-state index contributed by atoms with van der Waals surface area (Å²) in [7, 11) is 0. The van der Waals surface area contributed by atoms with Crippen molar-refractivity contribution in [3.05, 3.63) is 11.8 Å². The van der Waals surface area contributed by atoms with Crippen molar-refractivity contribution >= 4 is 5.97 Å². The summed E-state index contributed by atoms with van der Waals surface area (Å²) in [6, 6.07) is 1.60. The Bertz CT molecular complexity index is 381. The number of nitrogens with zero attached hydrogens (tertiary/aromatic N) is 2. The van der Waals surface area contributed by atoms with E-state index in [0.29, 0.717) is 6.61 Å². The molecule has 0 radical (unpaired) electrons. The van der Waals surface area contributed by atoms with Crippen LogP contribution in [0.15, 0.2) is 6.07 Å². The number of hydrogen-bond donors (Lipinski definition) is 1. The summed E-state index contributed by atoms with van der Waals surface area (Å²) in [4.78, 5) is 11.4. The summed E-state index contributed by atoms with van der Waals surface area (Å²) < 4.78 is 6.37. The molecule has 5 nitrogen and oxygen atoms in total. The van der Waals surface area contributed by atoms with Crippen LogP contribution in [0.2, 0.25) is 0 Å². The fourth-order valence-electron chi connectivity index (χ4n) is 2.11. The standard InChI is InChI=1S/C11H16N2O3/c1-2-16-11(15)9-7-10(14)13(12-9)8-5-3-4-6-8/h7-8,14H,2-6H2,1H3. The van der Waals surface area contributed by atoms with E-state index in [1.807, 2.05) is 0 Å². The lowest BCUT2D eigenvalue weighted by Crippen LogP contribution is -2.10. The van der Waals surface area contributed by atoms with Gasteiger partial charge in [-0.25, -0.2) is 9.48 Å². The van der Waals surface area contributed by atoms with Gasteiger partial charge in [0.2, 0.25) is 5.88 Å². The quantitative estimate of drug-likeness (QED) is 0.796. The van der Waals surface area contributed by atoms with Crippen molar-refractivity contribution in [2.24, 2.45) is 0 Å². The summed E-state index contributed by atoms with van der Waals surface area (Å²) in [5.74, 6) is -0.426. The molecule has 1 aromatic heterocycles. The van der Waals surface area contributed by atoms with Crippen molar-refractivity contribution in [2.45, 2.75) is 38.6 Å². The molecular weight excluding hydrogens is 208 g/mol. The third kappa shape index (κ3) is 2.03. The molecule has 0 spiro atoms. The maximum atomic E-state index is 11.4. The molecule has 0 amide bonds. The van der Waals surface area contributed by atoms with Crippen LogP contribution in [0.4, 0.5) is 0 Å². The molecular formula is C11H16N2O3. The zero-order valence-corrected chi connectivity index (χ0v) is 9.35. The first-order valence-electron chi connectivity index (χ1n) is 5.68. The monoisotopic (exact) mass is 224 g/mol. The average molecular weight is 224 g/mol. The molecule has 0 aromatic carbocycles. The molecule has 0 saturated heterocycles. The first-order chi connectivity index (χ1) is 7.72. The Morgan fingerprint density at radius 3 is 2.94 bits per heavy atom. The first kappa shape index (κ1) is 11.0. The van der Waals surface area contributed by atoms with Crippen LogP contribution in [0.25, 0.3) is 0 Å². The van der Waals surface area contributed by atoms with Gasteiger partial charge in [-0.1, -0.05) is 12.8 Å². The first-order valence-corrected chi connectivity index (χ1v) is 5.68. The molecule has 16 heavy (non-hydrogen) atoms. The predicted octanol–water partition coefficient (Wildman–Crippen LogP) is 1.88. The van der Waals surface area contributed by atoms with E-state index in [-0.39, 0.29) is 17.6 Å². The molecule has 0 atom stereocenters.